The summed E-state index contributed by atoms with van der Waals surface area (Å²) in [4.78, 5) is 38.3. The van der Waals surface area contributed by atoms with Crippen LogP contribution in [-0.4, -0.2) is 37.2 Å². The van der Waals surface area contributed by atoms with Crippen LogP contribution in [0.25, 0.3) is 0 Å². The van der Waals surface area contributed by atoms with Crippen LogP contribution in [0.1, 0.15) is 239 Å². The molecule has 0 rings (SSSR count). The van der Waals surface area contributed by atoms with Crippen LogP contribution in [-0.2, 0) is 28.6 Å². The Morgan fingerprint density at radius 1 is 0.247 bits per heavy atom. The second-order valence-electron chi connectivity index (χ2n) is 20.2. The van der Waals surface area contributed by atoms with Crippen LogP contribution in [0.5, 0.6) is 0 Å². The second-order valence-corrected chi connectivity index (χ2v) is 20.2. The number of allylic oxidation sites excluding steroid dienone is 32. The quantitative estimate of drug-likeness (QED) is 0.0261. The lowest BCUT2D eigenvalue weighted by atomic mass is 10.1. The minimum atomic E-state index is -0.825. The average molecular weight is 1110 g/mol. The Kier molecular flexibility index (Phi) is 62.0. The van der Waals surface area contributed by atoms with Gasteiger partial charge in [0, 0.05) is 19.3 Å². The predicted molar refractivity (Wildman–Crippen MR) is 352 cm³/mol. The van der Waals surface area contributed by atoms with Crippen LogP contribution in [0.15, 0.2) is 194 Å². The van der Waals surface area contributed by atoms with Crippen LogP contribution in [0, 0.1) is 0 Å². The molecule has 0 spiro atoms. The van der Waals surface area contributed by atoms with E-state index in [-0.39, 0.29) is 37.5 Å². The summed E-state index contributed by atoms with van der Waals surface area (Å²) in [6.45, 7) is 6.22. The largest absolute Gasteiger partial charge is 0.462 e. The van der Waals surface area contributed by atoms with E-state index in [4.69, 9.17) is 14.2 Å². The Labute approximate surface area is 497 Å². The molecule has 1 atom stereocenters. The molecule has 81 heavy (non-hydrogen) atoms. The van der Waals surface area contributed by atoms with Crippen molar-refractivity contribution in [2.45, 2.75) is 245 Å². The fraction of sp³-hybridized carbons (Fsp3) is 0.533. The molecule has 0 amide bonds. The first-order chi connectivity index (χ1) is 40.0. The fourth-order valence-electron chi connectivity index (χ4n) is 7.91. The summed E-state index contributed by atoms with van der Waals surface area (Å²) in [5, 5.41) is 0. The van der Waals surface area contributed by atoms with Gasteiger partial charge in [-0.1, -0.05) is 254 Å². The molecule has 6 heteroatoms. The standard InChI is InChI=1S/C75H114O6/c1-4-7-10-13-16-19-22-25-28-30-31-32-33-34-35-36-37-38-39-40-41-42-43-45-47-50-53-56-59-62-65-68-74(77)80-71-72(70-79-73(76)67-64-61-58-55-52-49-46-27-24-21-18-15-12-9-6-3)81-75(78)69-66-63-60-57-54-51-48-44-29-26-23-20-17-14-11-8-5-2/h7-12,16-21,25-29,31-32,34-35,37-38,40-41,43,45-46,48,50-51,53,72H,4-6,13-15,22-24,30,33,36,39,42,44,47,49,52,54-71H2,1-3H3/b10-7-,11-8-,12-9-,19-16-,20-17-,21-18-,28-25-,29-26-,32-31-,35-34-,38-37-,41-40-,45-43-,46-27-,51-48-,53-50-. The van der Waals surface area contributed by atoms with Crippen molar-refractivity contribution in [3.05, 3.63) is 194 Å². The number of hydrogen-bond acceptors (Lipinski definition) is 6. The summed E-state index contributed by atoms with van der Waals surface area (Å²) >= 11 is 0. The highest BCUT2D eigenvalue weighted by molar-refractivity contribution is 5.71. The van der Waals surface area contributed by atoms with E-state index in [1.54, 1.807) is 0 Å². The van der Waals surface area contributed by atoms with Crippen molar-refractivity contribution in [3.63, 3.8) is 0 Å². The lowest BCUT2D eigenvalue weighted by Gasteiger charge is -2.18. The van der Waals surface area contributed by atoms with Gasteiger partial charge in [-0.3, -0.25) is 14.4 Å². The monoisotopic (exact) mass is 1110 g/mol. The van der Waals surface area contributed by atoms with Crippen molar-refractivity contribution in [3.8, 4) is 0 Å². The van der Waals surface area contributed by atoms with Gasteiger partial charge in [-0.25, -0.2) is 0 Å². The zero-order valence-corrected chi connectivity index (χ0v) is 51.5. The van der Waals surface area contributed by atoms with E-state index in [0.717, 1.165) is 199 Å². The SMILES string of the molecule is CC/C=C\C/C=C\C/C=C\C/C=C\C/C=C\C/C=C\C/C=C\C/C=C\C/C=C\CCCCCC(=O)OCC(COC(=O)CCCCCCC/C=C\C/C=C\C/C=C\CC)OC(=O)CCCCCC/C=C\C/C=C\C/C=C\C/C=C\CC. The van der Waals surface area contributed by atoms with E-state index in [1.807, 2.05) is 0 Å². The molecule has 6 nitrogen and oxygen atoms in total. The summed E-state index contributed by atoms with van der Waals surface area (Å²) < 4.78 is 16.8. The number of carbonyl (C=O) groups excluding carboxylic acids is 3. The van der Waals surface area contributed by atoms with E-state index < -0.39 is 6.10 Å². The van der Waals surface area contributed by atoms with Gasteiger partial charge in [0.1, 0.15) is 13.2 Å². The molecule has 0 aliphatic rings. The van der Waals surface area contributed by atoms with Gasteiger partial charge >= 0.3 is 17.9 Å². The van der Waals surface area contributed by atoms with Crippen molar-refractivity contribution in [2.24, 2.45) is 0 Å². The van der Waals surface area contributed by atoms with Crippen LogP contribution >= 0.6 is 0 Å². The minimum Gasteiger partial charge on any atom is -0.462 e. The van der Waals surface area contributed by atoms with Crippen molar-refractivity contribution >= 4 is 17.9 Å². The molecule has 450 valence electrons. The summed E-state index contributed by atoms with van der Waals surface area (Å²) in [7, 11) is 0. The van der Waals surface area contributed by atoms with Crippen molar-refractivity contribution in [1.82, 2.24) is 0 Å². The first-order valence-corrected chi connectivity index (χ1v) is 31.9. The maximum Gasteiger partial charge on any atom is 0.306 e. The Morgan fingerprint density at radius 2 is 0.444 bits per heavy atom. The third-order valence-electron chi connectivity index (χ3n) is 12.6. The average Bonchev–Trinajstić information content (AvgIpc) is 3.47. The highest BCUT2D eigenvalue weighted by Gasteiger charge is 2.19. The molecule has 0 aromatic heterocycles. The lowest BCUT2D eigenvalue weighted by Crippen LogP contribution is -2.30. The summed E-state index contributed by atoms with van der Waals surface area (Å²) in [6, 6.07) is 0. The number of ether oxygens (including phenoxy) is 3. The van der Waals surface area contributed by atoms with Crippen LogP contribution in [0.4, 0.5) is 0 Å². The maximum atomic E-state index is 12.9. The molecule has 0 aliphatic heterocycles. The first kappa shape index (κ1) is 75.2. The molecule has 0 saturated carbocycles. The van der Waals surface area contributed by atoms with E-state index in [1.165, 1.54) is 0 Å². The zero-order chi connectivity index (χ0) is 58.5. The number of carbonyl (C=O) groups is 3. The number of unbranched alkanes of at least 4 members (excludes halogenated alkanes) is 12. The van der Waals surface area contributed by atoms with Crippen LogP contribution in [0.3, 0.4) is 0 Å². The smallest absolute Gasteiger partial charge is 0.306 e. The molecule has 0 aromatic carbocycles. The predicted octanol–water partition coefficient (Wildman–Crippen LogP) is 22.2. The van der Waals surface area contributed by atoms with Gasteiger partial charge in [-0.15, -0.1) is 0 Å². The molecule has 0 fully saturated rings. The Morgan fingerprint density at radius 3 is 0.704 bits per heavy atom. The van der Waals surface area contributed by atoms with Gasteiger partial charge in [0.05, 0.1) is 0 Å². The fourth-order valence-corrected chi connectivity index (χ4v) is 7.91. The topological polar surface area (TPSA) is 78.9 Å². The van der Waals surface area contributed by atoms with Gasteiger partial charge in [-0.05, 0) is 161 Å². The Balaban J connectivity index is 4.48. The molecule has 1 unspecified atom stereocenters. The summed E-state index contributed by atoms with van der Waals surface area (Å²) in [5.41, 5.74) is 0. The van der Waals surface area contributed by atoms with Gasteiger partial charge in [0.25, 0.3) is 0 Å². The van der Waals surface area contributed by atoms with Gasteiger partial charge in [-0.2, -0.15) is 0 Å². The van der Waals surface area contributed by atoms with E-state index in [9.17, 15) is 14.4 Å². The second kappa shape index (κ2) is 66.8. The van der Waals surface area contributed by atoms with Crippen LogP contribution < -0.4 is 0 Å². The molecular weight excluding hydrogens is 997 g/mol. The van der Waals surface area contributed by atoms with Gasteiger partial charge in [0.15, 0.2) is 6.10 Å². The highest BCUT2D eigenvalue weighted by atomic mass is 16.6. The molecule has 0 radical (unpaired) electrons. The van der Waals surface area contributed by atoms with Gasteiger partial charge in [0.2, 0.25) is 0 Å². The van der Waals surface area contributed by atoms with Crippen molar-refractivity contribution in [2.75, 3.05) is 13.2 Å². The normalized spacial score (nSPS) is 13.5. The Bertz CT molecular complexity index is 1950. The summed E-state index contributed by atoms with van der Waals surface area (Å²) in [6.07, 6.45) is 101. The highest BCUT2D eigenvalue weighted by Crippen LogP contribution is 2.13. The molecule has 0 bridgehead atoms. The van der Waals surface area contributed by atoms with Crippen molar-refractivity contribution < 1.29 is 28.6 Å². The van der Waals surface area contributed by atoms with Gasteiger partial charge < -0.3 is 14.2 Å². The van der Waals surface area contributed by atoms with Crippen LogP contribution in [0.2, 0.25) is 0 Å². The molecule has 0 heterocycles. The summed E-state index contributed by atoms with van der Waals surface area (Å²) in [5.74, 6) is -1.00. The molecule has 0 aliphatic carbocycles. The third kappa shape index (κ3) is 64.9. The van der Waals surface area contributed by atoms with E-state index in [2.05, 4.69) is 215 Å². The molecule has 0 N–H and O–H groups in total. The third-order valence-corrected chi connectivity index (χ3v) is 12.6. The number of rotatable bonds is 55. The van der Waals surface area contributed by atoms with E-state index in [0.29, 0.717) is 12.8 Å². The molecule has 0 aromatic rings. The lowest BCUT2D eigenvalue weighted by molar-refractivity contribution is -0.167. The van der Waals surface area contributed by atoms with E-state index >= 15 is 0 Å². The van der Waals surface area contributed by atoms with Crippen molar-refractivity contribution in [1.29, 1.82) is 0 Å². The minimum absolute atomic E-state index is 0.118. The first-order valence-electron chi connectivity index (χ1n) is 31.9. The number of hydrogen-bond donors (Lipinski definition) is 0. The molecule has 0 saturated heterocycles. The maximum absolute atomic E-state index is 12.9. The molecular formula is C75H114O6. The Hall–Kier alpha value is -5.75. The zero-order valence-electron chi connectivity index (χ0n) is 51.5. The number of esters is 3.